The highest BCUT2D eigenvalue weighted by Gasteiger charge is 2.21. The standard InChI is InChI=1S/C17H14F2N8/c1-2-27-14(11-5-6-22-16(20)23-11)24-13-12(25-17(21)26-15(13)27)9-4-3-8(18)7-10(9)19/h3-7H,2H2,1H3,(H2,20,22,23)(H2,21,25,26). The smallest absolute Gasteiger partial charge is 0.222 e. The van der Waals surface area contributed by atoms with Crippen LogP contribution in [0.1, 0.15) is 6.92 Å². The Hall–Kier alpha value is -3.69. The van der Waals surface area contributed by atoms with Crippen molar-refractivity contribution in [1.82, 2.24) is 29.5 Å². The van der Waals surface area contributed by atoms with E-state index in [0.717, 1.165) is 12.1 Å². The van der Waals surface area contributed by atoms with E-state index in [1.807, 2.05) is 6.92 Å². The number of aromatic nitrogens is 6. The molecule has 0 aliphatic rings. The van der Waals surface area contributed by atoms with Gasteiger partial charge in [-0.05, 0) is 25.1 Å². The third kappa shape index (κ3) is 2.80. The van der Waals surface area contributed by atoms with Gasteiger partial charge in [-0.15, -0.1) is 0 Å². The minimum atomic E-state index is -0.770. The molecule has 27 heavy (non-hydrogen) atoms. The number of halogens is 2. The molecule has 0 amide bonds. The lowest BCUT2D eigenvalue weighted by Crippen LogP contribution is -2.04. The first-order valence-electron chi connectivity index (χ1n) is 8.06. The molecule has 4 rings (SSSR count). The summed E-state index contributed by atoms with van der Waals surface area (Å²) in [6.45, 7) is 2.39. The Balaban J connectivity index is 2.04. The molecule has 4 N–H and O–H groups in total. The van der Waals surface area contributed by atoms with Crippen LogP contribution in [0.25, 0.3) is 33.9 Å². The Labute approximate surface area is 151 Å². The third-order valence-electron chi connectivity index (χ3n) is 4.02. The number of hydrogen-bond donors (Lipinski definition) is 2. The van der Waals surface area contributed by atoms with Crippen molar-refractivity contribution in [1.29, 1.82) is 0 Å². The molecule has 3 heterocycles. The molecule has 0 radical (unpaired) electrons. The second-order valence-corrected chi connectivity index (χ2v) is 5.71. The molecular formula is C17H14F2N8. The van der Waals surface area contributed by atoms with Gasteiger partial charge in [0.15, 0.2) is 11.5 Å². The highest BCUT2D eigenvalue weighted by atomic mass is 19.1. The number of rotatable bonds is 3. The van der Waals surface area contributed by atoms with Crippen LogP contribution in [-0.4, -0.2) is 29.5 Å². The number of nitrogens with two attached hydrogens (primary N) is 2. The van der Waals surface area contributed by atoms with Crippen molar-refractivity contribution in [3.8, 4) is 22.8 Å². The van der Waals surface area contributed by atoms with Crippen LogP contribution >= 0.6 is 0 Å². The summed E-state index contributed by atoms with van der Waals surface area (Å²) >= 11 is 0. The SMILES string of the molecule is CCn1c(-c2ccnc(N)n2)nc2c(-c3ccc(F)cc3F)nc(N)nc21. The van der Waals surface area contributed by atoms with Gasteiger partial charge in [0.25, 0.3) is 0 Å². The van der Waals surface area contributed by atoms with E-state index in [0.29, 0.717) is 29.2 Å². The van der Waals surface area contributed by atoms with Crippen LogP contribution in [0.5, 0.6) is 0 Å². The van der Waals surface area contributed by atoms with Gasteiger partial charge in [-0.3, -0.25) is 0 Å². The van der Waals surface area contributed by atoms with Crippen LogP contribution in [0.4, 0.5) is 20.7 Å². The summed E-state index contributed by atoms with van der Waals surface area (Å²) < 4.78 is 29.4. The van der Waals surface area contributed by atoms with Gasteiger partial charge in [0, 0.05) is 24.4 Å². The lowest BCUT2D eigenvalue weighted by Gasteiger charge is -2.06. The fraction of sp³-hybridized carbons (Fsp3) is 0.118. The molecule has 3 aromatic heterocycles. The van der Waals surface area contributed by atoms with Gasteiger partial charge in [0.05, 0.1) is 0 Å². The van der Waals surface area contributed by atoms with Crippen molar-refractivity contribution < 1.29 is 8.78 Å². The zero-order chi connectivity index (χ0) is 19.1. The van der Waals surface area contributed by atoms with Gasteiger partial charge in [-0.2, -0.15) is 4.98 Å². The van der Waals surface area contributed by atoms with Crippen LogP contribution in [0.15, 0.2) is 30.5 Å². The second kappa shape index (κ2) is 6.24. The summed E-state index contributed by atoms with van der Waals surface area (Å²) in [5.41, 5.74) is 13.0. The monoisotopic (exact) mass is 368 g/mol. The second-order valence-electron chi connectivity index (χ2n) is 5.71. The number of imidazole rings is 1. The molecule has 0 unspecified atom stereocenters. The Kier molecular flexibility index (Phi) is 3.87. The third-order valence-corrected chi connectivity index (χ3v) is 4.02. The molecule has 0 bridgehead atoms. The molecule has 1 aromatic carbocycles. The molecule has 0 aliphatic heterocycles. The van der Waals surface area contributed by atoms with E-state index in [2.05, 4.69) is 24.9 Å². The van der Waals surface area contributed by atoms with Gasteiger partial charge in [-0.1, -0.05) is 0 Å². The quantitative estimate of drug-likeness (QED) is 0.569. The maximum absolute atomic E-state index is 14.3. The van der Waals surface area contributed by atoms with E-state index in [1.165, 1.54) is 12.3 Å². The number of aryl methyl sites for hydroxylation is 1. The van der Waals surface area contributed by atoms with E-state index < -0.39 is 11.6 Å². The average molecular weight is 368 g/mol. The van der Waals surface area contributed by atoms with Crippen molar-refractivity contribution >= 4 is 23.1 Å². The lowest BCUT2D eigenvalue weighted by atomic mass is 10.1. The number of fused-ring (bicyclic) bond motifs is 1. The maximum Gasteiger partial charge on any atom is 0.222 e. The molecule has 0 fully saturated rings. The molecule has 0 aliphatic carbocycles. The number of benzene rings is 1. The summed E-state index contributed by atoms with van der Waals surface area (Å²) in [5.74, 6) is -0.952. The molecule has 0 saturated heterocycles. The molecule has 0 atom stereocenters. The highest BCUT2D eigenvalue weighted by molar-refractivity contribution is 5.90. The van der Waals surface area contributed by atoms with Gasteiger partial charge in [0.2, 0.25) is 11.9 Å². The van der Waals surface area contributed by atoms with Gasteiger partial charge in [-0.25, -0.2) is 28.7 Å². The topological polar surface area (TPSA) is 121 Å². The van der Waals surface area contributed by atoms with E-state index in [-0.39, 0.29) is 23.2 Å². The van der Waals surface area contributed by atoms with E-state index >= 15 is 0 Å². The first-order valence-corrected chi connectivity index (χ1v) is 8.06. The molecule has 0 spiro atoms. The van der Waals surface area contributed by atoms with Crippen molar-refractivity contribution in [3.63, 3.8) is 0 Å². The van der Waals surface area contributed by atoms with Gasteiger partial charge in [0.1, 0.15) is 28.5 Å². The Morgan fingerprint density at radius 3 is 2.52 bits per heavy atom. The van der Waals surface area contributed by atoms with Crippen LogP contribution in [0.3, 0.4) is 0 Å². The van der Waals surface area contributed by atoms with Crippen molar-refractivity contribution in [2.45, 2.75) is 13.5 Å². The zero-order valence-electron chi connectivity index (χ0n) is 14.2. The number of nitrogens with zero attached hydrogens (tertiary/aromatic N) is 6. The van der Waals surface area contributed by atoms with Gasteiger partial charge < -0.3 is 16.0 Å². The van der Waals surface area contributed by atoms with Crippen molar-refractivity contribution in [2.24, 2.45) is 0 Å². The highest BCUT2D eigenvalue weighted by Crippen LogP contribution is 2.31. The Morgan fingerprint density at radius 2 is 1.81 bits per heavy atom. The summed E-state index contributed by atoms with van der Waals surface area (Å²) in [6.07, 6.45) is 1.51. The van der Waals surface area contributed by atoms with Crippen LogP contribution in [0, 0.1) is 11.6 Å². The Morgan fingerprint density at radius 1 is 1.00 bits per heavy atom. The molecule has 136 valence electrons. The van der Waals surface area contributed by atoms with Gasteiger partial charge >= 0.3 is 0 Å². The summed E-state index contributed by atoms with van der Waals surface area (Å²) in [5, 5.41) is 0. The van der Waals surface area contributed by atoms with Crippen LogP contribution in [-0.2, 0) is 6.54 Å². The fourth-order valence-electron chi connectivity index (χ4n) is 2.88. The summed E-state index contributed by atoms with van der Waals surface area (Å²) in [4.78, 5) is 21.0. The molecular weight excluding hydrogens is 354 g/mol. The first kappa shape index (κ1) is 16.8. The predicted molar refractivity (Wildman–Crippen MR) is 96.2 cm³/mol. The normalized spacial score (nSPS) is 11.2. The van der Waals surface area contributed by atoms with E-state index in [9.17, 15) is 8.78 Å². The molecule has 4 aromatic rings. The van der Waals surface area contributed by atoms with Crippen molar-refractivity contribution in [2.75, 3.05) is 11.5 Å². The number of anilines is 2. The molecule has 10 heteroatoms. The lowest BCUT2D eigenvalue weighted by molar-refractivity contribution is 0.585. The molecule has 0 saturated carbocycles. The zero-order valence-corrected chi connectivity index (χ0v) is 14.2. The van der Waals surface area contributed by atoms with E-state index in [1.54, 1.807) is 10.6 Å². The minimum absolute atomic E-state index is 0.0513. The fourth-order valence-corrected chi connectivity index (χ4v) is 2.88. The van der Waals surface area contributed by atoms with Crippen LogP contribution < -0.4 is 11.5 Å². The van der Waals surface area contributed by atoms with E-state index in [4.69, 9.17) is 11.5 Å². The summed E-state index contributed by atoms with van der Waals surface area (Å²) in [6, 6.07) is 4.87. The Bertz CT molecular complexity index is 1170. The maximum atomic E-state index is 14.3. The number of nitrogen functional groups attached to an aromatic ring is 2. The van der Waals surface area contributed by atoms with Crippen LogP contribution in [0.2, 0.25) is 0 Å². The summed E-state index contributed by atoms with van der Waals surface area (Å²) in [7, 11) is 0. The van der Waals surface area contributed by atoms with Crippen molar-refractivity contribution in [3.05, 3.63) is 42.1 Å². The average Bonchev–Trinajstić information content (AvgIpc) is 2.99. The number of hydrogen-bond acceptors (Lipinski definition) is 7. The largest absolute Gasteiger partial charge is 0.368 e. The predicted octanol–water partition coefficient (Wildman–Crippen LogP) is 2.41. The minimum Gasteiger partial charge on any atom is -0.368 e. The molecule has 8 nitrogen and oxygen atoms in total. The first-order chi connectivity index (χ1) is 13.0.